The SMILES string of the molecule is CN(C)CCN1CCCc2ccc([N+](=O)[O-])cc21. The highest BCUT2D eigenvalue weighted by atomic mass is 16.6. The van der Waals surface area contributed by atoms with Gasteiger partial charge in [-0.1, -0.05) is 6.07 Å². The first-order valence-corrected chi connectivity index (χ1v) is 6.25. The van der Waals surface area contributed by atoms with Crippen LogP contribution in [0, 0.1) is 10.1 Å². The molecule has 1 aliphatic heterocycles. The Labute approximate surface area is 107 Å². The number of hydrogen-bond acceptors (Lipinski definition) is 4. The standard InChI is InChI=1S/C13H19N3O2/c1-14(2)8-9-15-7-3-4-11-5-6-12(16(17)18)10-13(11)15/h5-6,10H,3-4,7-9H2,1-2H3. The Balaban J connectivity index is 2.23. The number of non-ortho nitro benzene ring substituents is 1. The van der Waals surface area contributed by atoms with E-state index in [2.05, 4.69) is 9.80 Å². The summed E-state index contributed by atoms with van der Waals surface area (Å²) < 4.78 is 0. The van der Waals surface area contributed by atoms with Crippen LogP contribution in [0.25, 0.3) is 0 Å². The van der Waals surface area contributed by atoms with Crippen LogP contribution >= 0.6 is 0 Å². The van der Waals surface area contributed by atoms with E-state index in [4.69, 9.17) is 0 Å². The van der Waals surface area contributed by atoms with E-state index in [1.54, 1.807) is 12.1 Å². The monoisotopic (exact) mass is 249 g/mol. The average molecular weight is 249 g/mol. The van der Waals surface area contributed by atoms with E-state index in [1.807, 2.05) is 20.2 Å². The molecule has 1 aromatic rings. The lowest BCUT2D eigenvalue weighted by molar-refractivity contribution is -0.384. The van der Waals surface area contributed by atoms with Gasteiger partial charge in [-0.05, 0) is 32.5 Å². The highest BCUT2D eigenvalue weighted by Gasteiger charge is 2.19. The van der Waals surface area contributed by atoms with Crippen molar-refractivity contribution >= 4 is 11.4 Å². The lowest BCUT2D eigenvalue weighted by Gasteiger charge is -2.32. The molecule has 0 N–H and O–H groups in total. The van der Waals surface area contributed by atoms with Crippen LogP contribution in [0.5, 0.6) is 0 Å². The summed E-state index contributed by atoms with van der Waals surface area (Å²) >= 11 is 0. The van der Waals surface area contributed by atoms with Crippen molar-refractivity contribution in [2.45, 2.75) is 12.8 Å². The highest BCUT2D eigenvalue weighted by molar-refractivity contribution is 5.60. The number of aryl methyl sites for hydroxylation is 1. The fourth-order valence-electron chi connectivity index (χ4n) is 2.31. The molecule has 0 amide bonds. The van der Waals surface area contributed by atoms with Crippen molar-refractivity contribution in [1.29, 1.82) is 0 Å². The smallest absolute Gasteiger partial charge is 0.271 e. The van der Waals surface area contributed by atoms with Crippen LogP contribution in [-0.4, -0.2) is 43.6 Å². The summed E-state index contributed by atoms with van der Waals surface area (Å²) in [6.07, 6.45) is 2.14. The summed E-state index contributed by atoms with van der Waals surface area (Å²) in [7, 11) is 4.08. The zero-order chi connectivity index (χ0) is 13.1. The number of rotatable bonds is 4. The fraction of sp³-hybridized carbons (Fsp3) is 0.538. The van der Waals surface area contributed by atoms with Crippen molar-refractivity contribution in [2.24, 2.45) is 0 Å². The van der Waals surface area contributed by atoms with Gasteiger partial charge in [-0.25, -0.2) is 0 Å². The molecule has 0 fully saturated rings. The van der Waals surface area contributed by atoms with Gasteiger partial charge in [0.05, 0.1) is 4.92 Å². The van der Waals surface area contributed by atoms with Crippen LogP contribution in [0.3, 0.4) is 0 Å². The number of nitro groups is 1. The van der Waals surface area contributed by atoms with Crippen molar-refractivity contribution in [3.8, 4) is 0 Å². The molecule has 0 radical (unpaired) electrons. The molecule has 0 aliphatic carbocycles. The summed E-state index contributed by atoms with van der Waals surface area (Å²) in [5.41, 5.74) is 2.45. The zero-order valence-corrected chi connectivity index (χ0v) is 10.9. The van der Waals surface area contributed by atoms with Gasteiger partial charge in [0.15, 0.2) is 0 Å². The zero-order valence-electron chi connectivity index (χ0n) is 10.9. The topological polar surface area (TPSA) is 49.6 Å². The molecule has 5 heteroatoms. The van der Waals surface area contributed by atoms with Gasteiger partial charge in [0.25, 0.3) is 5.69 Å². The predicted octanol–water partition coefficient (Wildman–Crippen LogP) is 1.91. The number of nitrogens with zero attached hydrogens (tertiary/aromatic N) is 3. The van der Waals surface area contributed by atoms with Gasteiger partial charge in [0.1, 0.15) is 0 Å². The summed E-state index contributed by atoms with van der Waals surface area (Å²) in [6, 6.07) is 5.22. The molecule has 5 nitrogen and oxygen atoms in total. The first-order chi connectivity index (χ1) is 8.58. The summed E-state index contributed by atoms with van der Waals surface area (Å²) in [4.78, 5) is 14.9. The molecule has 18 heavy (non-hydrogen) atoms. The molecule has 98 valence electrons. The first-order valence-electron chi connectivity index (χ1n) is 6.25. The maximum Gasteiger partial charge on any atom is 0.271 e. The third-order valence-corrected chi connectivity index (χ3v) is 3.31. The van der Waals surface area contributed by atoms with E-state index in [1.165, 1.54) is 5.56 Å². The van der Waals surface area contributed by atoms with E-state index in [0.29, 0.717) is 0 Å². The molecule has 1 heterocycles. The Morgan fingerprint density at radius 1 is 1.44 bits per heavy atom. The van der Waals surface area contributed by atoms with Gasteiger partial charge >= 0.3 is 0 Å². The van der Waals surface area contributed by atoms with Gasteiger partial charge in [-0.15, -0.1) is 0 Å². The molecule has 0 saturated carbocycles. The van der Waals surface area contributed by atoms with E-state index in [-0.39, 0.29) is 10.6 Å². The van der Waals surface area contributed by atoms with Gasteiger partial charge in [0.2, 0.25) is 0 Å². The molecule has 1 aliphatic rings. The molecule has 1 aromatic carbocycles. The summed E-state index contributed by atoms with van der Waals surface area (Å²) in [5, 5.41) is 10.8. The maximum absolute atomic E-state index is 10.8. The minimum Gasteiger partial charge on any atom is -0.370 e. The Morgan fingerprint density at radius 2 is 2.22 bits per heavy atom. The molecule has 0 saturated heterocycles. The molecule has 0 spiro atoms. The maximum atomic E-state index is 10.8. The average Bonchev–Trinajstić information content (AvgIpc) is 2.35. The first kappa shape index (κ1) is 12.8. The molecule has 0 bridgehead atoms. The minimum absolute atomic E-state index is 0.186. The molecule has 0 atom stereocenters. The van der Waals surface area contributed by atoms with Gasteiger partial charge in [-0.2, -0.15) is 0 Å². The van der Waals surface area contributed by atoms with Crippen LogP contribution in [-0.2, 0) is 6.42 Å². The molecular formula is C13H19N3O2. The molecular weight excluding hydrogens is 230 g/mol. The minimum atomic E-state index is -0.320. The van der Waals surface area contributed by atoms with Crippen LogP contribution in [0.2, 0.25) is 0 Å². The lowest BCUT2D eigenvalue weighted by atomic mass is 10.0. The van der Waals surface area contributed by atoms with E-state index in [9.17, 15) is 10.1 Å². The van der Waals surface area contributed by atoms with Gasteiger partial charge < -0.3 is 9.80 Å². The van der Waals surface area contributed by atoms with Crippen LogP contribution in [0.1, 0.15) is 12.0 Å². The summed E-state index contributed by atoms with van der Waals surface area (Å²) in [5.74, 6) is 0. The van der Waals surface area contributed by atoms with Crippen molar-refractivity contribution in [3.63, 3.8) is 0 Å². The van der Waals surface area contributed by atoms with Crippen LogP contribution < -0.4 is 4.90 Å². The Kier molecular flexibility index (Phi) is 3.81. The molecule has 0 aromatic heterocycles. The van der Waals surface area contributed by atoms with Gasteiger partial charge in [-0.3, -0.25) is 10.1 Å². The van der Waals surface area contributed by atoms with Crippen molar-refractivity contribution < 1.29 is 4.92 Å². The van der Waals surface area contributed by atoms with Gasteiger partial charge in [0, 0.05) is 37.5 Å². The second-order valence-corrected chi connectivity index (χ2v) is 4.96. The third kappa shape index (κ3) is 2.79. The molecule has 0 unspecified atom stereocenters. The van der Waals surface area contributed by atoms with E-state index >= 15 is 0 Å². The second-order valence-electron chi connectivity index (χ2n) is 4.96. The van der Waals surface area contributed by atoms with E-state index in [0.717, 1.165) is 38.2 Å². The van der Waals surface area contributed by atoms with Crippen molar-refractivity contribution in [1.82, 2.24) is 4.90 Å². The van der Waals surface area contributed by atoms with Crippen molar-refractivity contribution in [2.75, 3.05) is 38.6 Å². The Bertz CT molecular complexity index is 446. The normalized spacial score (nSPS) is 14.7. The fourth-order valence-corrected chi connectivity index (χ4v) is 2.31. The Morgan fingerprint density at radius 3 is 2.89 bits per heavy atom. The largest absolute Gasteiger partial charge is 0.370 e. The second kappa shape index (κ2) is 5.35. The number of fused-ring (bicyclic) bond motifs is 1. The number of nitro benzene ring substituents is 1. The van der Waals surface area contributed by atoms with Crippen molar-refractivity contribution in [3.05, 3.63) is 33.9 Å². The van der Waals surface area contributed by atoms with E-state index < -0.39 is 0 Å². The number of anilines is 1. The number of likely N-dealkylation sites (N-methyl/N-ethyl adjacent to an activating group) is 1. The quantitative estimate of drug-likeness (QED) is 0.604. The van der Waals surface area contributed by atoms with Crippen LogP contribution in [0.15, 0.2) is 18.2 Å². The molecule has 2 rings (SSSR count). The Hall–Kier alpha value is -1.62. The lowest BCUT2D eigenvalue weighted by Crippen LogP contribution is -2.35. The number of hydrogen-bond donors (Lipinski definition) is 0. The predicted molar refractivity (Wildman–Crippen MR) is 72.2 cm³/mol. The van der Waals surface area contributed by atoms with Crippen LogP contribution in [0.4, 0.5) is 11.4 Å². The third-order valence-electron chi connectivity index (χ3n) is 3.31. The highest BCUT2D eigenvalue weighted by Crippen LogP contribution is 2.30. The number of benzene rings is 1. The summed E-state index contributed by atoms with van der Waals surface area (Å²) in [6.45, 7) is 2.87.